The first kappa shape index (κ1) is 16.0. The summed E-state index contributed by atoms with van der Waals surface area (Å²) in [7, 11) is 0. The minimum atomic E-state index is -0.341. The number of para-hydroxylation sites is 1. The fourth-order valence-electron chi connectivity index (χ4n) is 2.12. The van der Waals surface area contributed by atoms with Gasteiger partial charge in [0.1, 0.15) is 11.5 Å². The lowest BCUT2D eigenvalue weighted by Crippen LogP contribution is -2.14. The van der Waals surface area contributed by atoms with Gasteiger partial charge in [0.15, 0.2) is 0 Å². The van der Waals surface area contributed by atoms with Gasteiger partial charge in [0.05, 0.1) is 12.4 Å². The van der Waals surface area contributed by atoms with Crippen LogP contribution < -0.4 is 10.6 Å². The molecule has 3 rings (SSSR count). The number of hydrogen-bond acceptors (Lipinski definition) is 4. The molecule has 3 aromatic rings. The Bertz CT molecular complexity index is 865. The quantitative estimate of drug-likeness (QED) is 0.738. The molecule has 1 amide bonds. The van der Waals surface area contributed by atoms with Gasteiger partial charge in [-0.25, -0.2) is 9.97 Å². The third-order valence-corrected chi connectivity index (χ3v) is 3.61. The molecule has 0 saturated carbocycles. The van der Waals surface area contributed by atoms with Gasteiger partial charge in [0.2, 0.25) is 0 Å². The number of amides is 1. The Kier molecular flexibility index (Phi) is 4.72. The van der Waals surface area contributed by atoms with Crippen LogP contribution in [0.2, 0.25) is 5.02 Å². The molecule has 24 heavy (non-hydrogen) atoms. The largest absolute Gasteiger partial charge is 0.339 e. The molecule has 120 valence electrons. The highest BCUT2D eigenvalue weighted by molar-refractivity contribution is 6.30. The summed E-state index contributed by atoms with van der Waals surface area (Å²) in [5.41, 5.74) is 2.88. The van der Waals surface area contributed by atoms with Crippen molar-refractivity contribution < 1.29 is 4.79 Å². The lowest BCUT2D eigenvalue weighted by atomic mass is 10.2. The van der Waals surface area contributed by atoms with Crippen molar-refractivity contribution in [2.75, 3.05) is 10.6 Å². The number of aromatic nitrogens is 2. The summed E-state index contributed by atoms with van der Waals surface area (Å²) >= 11 is 5.90. The number of nitrogens with zero attached hydrogens (tertiary/aromatic N) is 2. The zero-order valence-electron chi connectivity index (χ0n) is 13.0. The van der Waals surface area contributed by atoms with E-state index in [1.807, 2.05) is 31.2 Å². The molecule has 0 aliphatic heterocycles. The Balaban J connectivity index is 1.70. The third-order valence-electron chi connectivity index (χ3n) is 3.37. The van der Waals surface area contributed by atoms with Crippen LogP contribution in [0.5, 0.6) is 0 Å². The highest BCUT2D eigenvalue weighted by Gasteiger charge is 2.09. The van der Waals surface area contributed by atoms with Crippen molar-refractivity contribution in [1.82, 2.24) is 9.97 Å². The summed E-state index contributed by atoms with van der Waals surface area (Å²) < 4.78 is 0. The predicted molar refractivity (Wildman–Crippen MR) is 95.9 cm³/mol. The molecule has 0 unspecified atom stereocenters. The smallest absolute Gasteiger partial charge is 0.275 e. The van der Waals surface area contributed by atoms with Crippen molar-refractivity contribution in [3.63, 3.8) is 0 Å². The summed E-state index contributed by atoms with van der Waals surface area (Å²) in [6.07, 6.45) is 2.96. The molecule has 2 aromatic carbocycles. The van der Waals surface area contributed by atoms with Crippen LogP contribution in [0.15, 0.2) is 60.9 Å². The van der Waals surface area contributed by atoms with E-state index in [1.54, 1.807) is 24.3 Å². The van der Waals surface area contributed by atoms with Crippen LogP contribution in [-0.2, 0) is 0 Å². The summed E-state index contributed by atoms with van der Waals surface area (Å²) in [6, 6.07) is 14.8. The molecule has 0 radical (unpaired) electrons. The second-order valence-corrected chi connectivity index (χ2v) is 5.63. The second-order valence-electron chi connectivity index (χ2n) is 5.19. The Morgan fingerprint density at radius 3 is 2.58 bits per heavy atom. The van der Waals surface area contributed by atoms with Crippen molar-refractivity contribution in [3.05, 3.63) is 77.2 Å². The van der Waals surface area contributed by atoms with Crippen LogP contribution in [0.1, 0.15) is 16.1 Å². The highest BCUT2D eigenvalue weighted by Crippen LogP contribution is 2.18. The van der Waals surface area contributed by atoms with Crippen LogP contribution in [0.4, 0.5) is 17.2 Å². The number of halogens is 1. The van der Waals surface area contributed by atoms with E-state index in [0.717, 1.165) is 11.3 Å². The second kappa shape index (κ2) is 7.10. The first-order valence-electron chi connectivity index (χ1n) is 7.33. The van der Waals surface area contributed by atoms with E-state index >= 15 is 0 Å². The predicted octanol–water partition coefficient (Wildman–Crippen LogP) is 4.43. The van der Waals surface area contributed by atoms with Crippen molar-refractivity contribution in [3.8, 4) is 0 Å². The monoisotopic (exact) mass is 338 g/mol. The minimum Gasteiger partial charge on any atom is -0.339 e. The number of benzene rings is 2. The molecule has 0 fully saturated rings. The Morgan fingerprint density at radius 2 is 1.88 bits per heavy atom. The summed E-state index contributed by atoms with van der Waals surface area (Å²) in [6.45, 7) is 2.00. The maximum absolute atomic E-state index is 12.2. The van der Waals surface area contributed by atoms with Crippen LogP contribution in [0.3, 0.4) is 0 Å². The van der Waals surface area contributed by atoms with Gasteiger partial charge in [-0.05, 0) is 36.8 Å². The number of nitrogens with one attached hydrogen (secondary N) is 2. The minimum absolute atomic E-state index is 0.227. The SMILES string of the molecule is Cc1ccccc1Nc1cnc(C(=O)Nc2cccc(Cl)c2)cn1. The van der Waals surface area contributed by atoms with Gasteiger partial charge >= 0.3 is 0 Å². The maximum Gasteiger partial charge on any atom is 0.275 e. The van der Waals surface area contributed by atoms with Gasteiger partial charge in [0.25, 0.3) is 5.91 Å². The molecule has 5 nitrogen and oxygen atoms in total. The molecule has 1 aromatic heterocycles. The van der Waals surface area contributed by atoms with Crippen LogP contribution in [0.25, 0.3) is 0 Å². The Hall–Kier alpha value is -2.92. The van der Waals surface area contributed by atoms with Crippen molar-refractivity contribution >= 4 is 34.7 Å². The van der Waals surface area contributed by atoms with Gasteiger partial charge < -0.3 is 10.6 Å². The number of carbonyl (C=O) groups is 1. The molecule has 1 heterocycles. The van der Waals surface area contributed by atoms with Gasteiger partial charge in [-0.1, -0.05) is 35.9 Å². The average Bonchev–Trinajstić information content (AvgIpc) is 2.57. The first-order valence-corrected chi connectivity index (χ1v) is 7.71. The molecule has 0 saturated heterocycles. The van der Waals surface area contributed by atoms with E-state index < -0.39 is 0 Å². The topological polar surface area (TPSA) is 66.9 Å². The molecular formula is C18H15ClN4O. The lowest BCUT2D eigenvalue weighted by Gasteiger charge is -2.09. The molecule has 0 aliphatic carbocycles. The Morgan fingerprint density at radius 1 is 1.04 bits per heavy atom. The number of aryl methyl sites for hydroxylation is 1. The zero-order valence-corrected chi connectivity index (χ0v) is 13.7. The molecule has 0 aliphatic rings. The van der Waals surface area contributed by atoms with Gasteiger partial charge in [0, 0.05) is 16.4 Å². The zero-order chi connectivity index (χ0) is 16.9. The molecular weight excluding hydrogens is 324 g/mol. The average molecular weight is 339 g/mol. The molecule has 6 heteroatoms. The number of anilines is 3. The standard InChI is InChI=1S/C18H15ClN4O/c1-12-5-2-3-8-15(12)23-17-11-20-16(10-21-17)18(24)22-14-7-4-6-13(19)9-14/h2-11H,1H3,(H,21,23)(H,22,24). The molecule has 0 spiro atoms. The van der Waals surface area contributed by atoms with Crippen molar-refractivity contribution in [1.29, 1.82) is 0 Å². The number of rotatable bonds is 4. The molecule has 0 atom stereocenters. The van der Waals surface area contributed by atoms with E-state index in [4.69, 9.17) is 11.6 Å². The van der Waals surface area contributed by atoms with Gasteiger partial charge in [-0.15, -0.1) is 0 Å². The summed E-state index contributed by atoms with van der Waals surface area (Å²) in [5, 5.41) is 6.46. The van der Waals surface area contributed by atoms with Crippen molar-refractivity contribution in [2.45, 2.75) is 6.92 Å². The van der Waals surface area contributed by atoms with E-state index in [-0.39, 0.29) is 11.6 Å². The van der Waals surface area contributed by atoms with E-state index in [1.165, 1.54) is 12.4 Å². The van der Waals surface area contributed by atoms with Gasteiger partial charge in [-0.2, -0.15) is 0 Å². The van der Waals surface area contributed by atoms with Crippen LogP contribution in [0, 0.1) is 6.92 Å². The highest BCUT2D eigenvalue weighted by atomic mass is 35.5. The maximum atomic E-state index is 12.2. The summed E-state index contributed by atoms with van der Waals surface area (Å²) in [4.78, 5) is 20.6. The van der Waals surface area contributed by atoms with Gasteiger partial charge in [-0.3, -0.25) is 4.79 Å². The normalized spacial score (nSPS) is 10.2. The third kappa shape index (κ3) is 3.88. The summed E-state index contributed by atoms with van der Waals surface area (Å²) in [5.74, 6) is 0.232. The van der Waals surface area contributed by atoms with E-state index in [2.05, 4.69) is 20.6 Å². The van der Waals surface area contributed by atoms with E-state index in [0.29, 0.717) is 16.5 Å². The number of carbonyl (C=O) groups excluding carboxylic acids is 1. The lowest BCUT2D eigenvalue weighted by molar-refractivity contribution is 0.102. The van der Waals surface area contributed by atoms with Crippen molar-refractivity contribution in [2.24, 2.45) is 0 Å². The molecule has 2 N–H and O–H groups in total. The van der Waals surface area contributed by atoms with Crippen LogP contribution in [-0.4, -0.2) is 15.9 Å². The fraction of sp³-hybridized carbons (Fsp3) is 0.0556. The van der Waals surface area contributed by atoms with Crippen LogP contribution >= 0.6 is 11.6 Å². The number of hydrogen-bond donors (Lipinski definition) is 2. The molecule has 0 bridgehead atoms. The first-order chi connectivity index (χ1) is 11.6. The Labute approximate surface area is 144 Å². The fourth-order valence-corrected chi connectivity index (χ4v) is 2.31. The van der Waals surface area contributed by atoms with E-state index in [9.17, 15) is 4.79 Å².